The molecule has 1 aromatic carbocycles. The highest BCUT2D eigenvalue weighted by atomic mass is 32.2. The van der Waals surface area contributed by atoms with Gasteiger partial charge in [-0.05, 0) is 24.3 Å². The van der Waals surface area contributed by atoms with E-state index in [-0.39, 0.29) is 0 Å². The molecule has 0 saturated carbocycles. The molecule has 2 aromatic rings. The van der Waals surface area contributed by atoms with Crippen LogP contribution in [0.15, 0.2) is 41.6 Å². The van der Waals surface area contributed by atoms with Crippen LogP contribution in [0.4, 0.5) is 20.2 Å². The normalized spacial score (nSPS) is 11.1. The van der Waals surface area contributed by atoms with Crippen LogP contribution in [0.1, 0.15) is 0 Å². The van der Waals surface area contributed by atoms with Crippen LogP contribution in [0.2, 0.25) is 0 Å². The summed E-state index contributed by atoms with van der Waals surface area (Å²) in [5.41, 5.74) is -1.29. The lowest BCUT2D eigenvalue weighted by Crippen LogP contribution is -2.17. The summed E-state index contributed by atoms with van der Waals surface area (Å²) in [6, 6.07) is 4.31. The SMILES string of the molecule is O=[N+]([O-])c1cc(F)ccc1NS(=O)(=O)c1ncccc1F. The van der Waals surface area contributed by atoms with Gasteiger partial charge in [-0.2, -0.15) is 8.42 Å². The average Bonchev–Trinajstić information content (AvgIpc) is 2.40. The molecule has 21 heavy (non-hydrogen) atoms. The monoisotopic (exact) mass is 315 g/mol. The number of nitro benzene ring substituents is 1. The summed E-state index contributed by atoms with van der Waals surface area (Å²) in [7, 11) is -4.48. The number of hydrogen-bond acceptors (Lipinski definition) is 5. The Morgan fingerprint density at radius 2 is 1.95 bits per heavy atom. The fraction of sp³-hybridized carbons (Fsp3) is 0. The predicted molar refractivity (Wildman–Crippen MR) is 68.1 cm³/mol. The standard InChI is InChI=1S/C11H7F2N3O4S/c12-7-3-4-9(10(6-7)16(17)18)15-21(19,20)11-8(13)2-1-5-14-11/h1-6,15H. The molecular weight excluding hydrogens is 308 g/mol. The summed E-state index contributed by atoms with van der Waals surface area (Å²) < 4.78 is 52.1. The molecule has 0 bridgehead atoms. The van der Waals surface area contributed by atoms with Gasteiger partial charge in [-0.15, -0.1) is 0 Å². The summed E-state index contributed by atoms with van der Waals surface area (Å²) in [5.74, 6) is -2.02. The molecule has 110 valence electrons. The Morgan fingerprint density at radius 3 is 2.57 bits per heavy atom. The highest BCUT2D eigenvalue weighted by Gasteiger charge is 2.25. The smallest absolute Gasteiger partial charge is 0.272 e. The largest absolute Gasteiger partial charge is 0.296 e. The third-order valence-electron chi connectivity index (χ3n) is 2.38. The first-order valence-electron chi connectivity index (χ1n) is 5.38. The van der Waals surface area contributed by atoms with Crippen molar-refractivity contribution in [2.45, 2.75) is 5.03 Å². The molecule has 10 heteroatoms. The molecule has 0 spiro atoms. The predicted octanol–water partition coefficient (Wildman–Crippen LogP) is 2.07. The second-order valence-electron chi connectivity index (χ2n) is 3.81. The van der Waals surface area contributed by atoms with Crippen LogP contribution in [0.25, 0.3) is 0 Å². The Morgan fingerprint density at radius 1 is 1.24 bits per heavy atom. The molecule has 0 radical (unpaired) electrons. The Labute approximate surface area is 117 Å². The van der Waals surface area contributed by atoms with E-state index in [0.717, 1.165) is 24.4 Å². The molecule has 0 fully saturated rings. The summed E-state index contributed by atoms with van der Waals surface area (Å²) in [6.07, 6.45) is 1.05. The minimum absolute atomic E-state index is 0.494. The number of rotatable bonds is 4. The zero-order valence-electron chi connectivity index (χ0n) is 10.2. The average molecular weight is 315 g/mol. The van der Waals surface area contributed by atoms with Gasteiger partial charge in [0.15, 0.2) is 5.82 Å². The second kappa shape index (κ2) is 5.40. The first-order chi connectivity index (χ1) is 9.81. The van der Waals surface area contributed by atoms with E-state index >= 15 is 0 Å². The van der Waals surface area contributed by atoms with Crippen molar-refractivity contribution in [1.82, 2.24) is 4.98 Å². The molecule has 1 N–H and O–H groups in total. The van der Waals surface area contributed by atoms with Crippen LogP contribution in [0, 0.1) is 21.7 Å². The Hall–Kier alpha value is -2.62. The number of sulfonamides is 1. The molecule has 7 nitrogen and oxygen atoms in total. The molecule has 0 saturated heterocycles. The Balaban J connectivity index is 2.47. The maximum atomic E-state index is 13.4. The van der Waals surface area contributed by atoms with Crippen molar-refractivity contribution in [3.8, 4) is 0 Å². The fourth-order valence-corrected chi connectivity index (χ4v) is 2.59. The van der Waals surface area contributed by atoms with Gasteiger partial charge in [0.25, 0.3) is 15.7 Å². The lowest BCUT2D eigenvalue weighted by Gasteiger charge is -2.08. The highest BCUT2D eigenvalue weighted by Crippen LogP contribution is 2.27. The minimum atomic E-state index is -4.48. The summed E-state index contributed by atoms with van der Waals surface area (Å²) in [4.78, 5) is 13.2. The van der Waals surface area contributed by atoms with E-state index in [1.54, 1.807) is 0 Å². The van der Waals surface area contributed by atoms with E-state index in [2.05, 4.69) is 4.98 Å². The number of pyridine rings is 1. The molecule has 0 atom stereocenters. The lowest BCUT2D eigenvalue weighted by atomic mass is 10.3. The molecule has 0 amide bonds. The number of hydrogen-bond donors (Lipinski definition) is 1. The number of halogens is 2. The number of nitrogens with zero attached hydrogens (tertiary/aromatic N) is 2. The molecule has 0 aliphatic heterocycles. The molecular formula is C11H7F2N3O4S. The van der Waals surface area contributed by atoms with Gasteiger partial charge in [-0.1, -0.05) is 0 Å². The van der Waals surface area contributed by atoms with Crippen molar-refractivity contribution in [3.63, 3.8) is 0 Å². The van der Waals surface area contributed by atoms with Gasteiger partial charge < -0.3 is 0 Å². The topological polar surface area (TPSA) is 102 Å². The second-order valence-corrected chi connectivity index (χ2v) is 5.41. The van der Waals surface area contributed by atoms with Crippen molar-refractivity contribution in [2.75, 3.05) is 4.72 Å². The van der Waals surface area contributed by atoms with Crippen LogP contribution in [-0.4, -0.2) is 18.3 Å². The first-order valence-corrected chi connectivity index (χ1v) is 6.87. The number of aromatic nitrogens is 1. The summed E-state index contributed by atoms with van der Waals surface area (Å²) in [6.45, 7) is 0. The van der Waals surface area contributed by atoms with Gasteiger partial charge in [0.05, 0.1) is 11.0 Å². The molecule has 2 rings (SSSR count). The number of nitro groups is 1. The van der Waals surface area contributed by atoms with E-state index in [9.17, 15) is 27.3 Å². The van der Waals surface area contributed by atoms with Crippen LogP contribution in [-0.2, 0) is 10.0 Å². The van der Waals surface area contributed by atoms with E-state index < -0.39 is 43.0 Å². The van der Waals surface area contributed by atoms with Crippen molar-refractivity contribution in [1.29, 1.82) is 0 Å². The number of nitrogens with one attached hydrogen (secondary N) is 1. The van der Waals surface area contributed by atoms with Gasteiger partial charge >= 0.3 is 0 Å². The van der Waals surface area contributed by atoms with Crippen LogP contribution in [0.3, 0.4) is 0 Å². The lowest BCUT2D eigenvalue weighted by molar-refractivity contribution is -0.384. The zero-order valence-corrected chi connectivity index (χ0v) is 11.0. The highest BCUT2D eigenvalue weighted by molar-refractivity contribution is 7.92. The van der Waals surface area contributed by atoms with Crippen molar-refractivity contribution >= 4 is 21.4 Å². The van der Waals surface area contributed by atoms with Crippen molar-refractivity contribution in [3.05, 3.63) is 58.3 Å². The van der Waals surface area contributed by atoms with Gasteiger partial charge in [-0.25, -0.2) is 13.8 Å². The third kappa shape index (κ3) is 3.11. The number of benzene rings is 1. The van der Waals surface area contributed by atoms with E-state index in [1.165, 1.54) is 6.07 Å². The Bertz CT molecular complexity index is 811. The first kappa shape index (κ1) is 14.8. The summed E-state index contributed by atoms with van der Waals surface area (Å²) >= 11 is 0. The third-order valence-corrected chi connectivity index (χ3v) is 3.68. The molecule has 1 heterocycles. The van der Waals surface area contributed by atoms with Crippen LogP contribution >= 0.6 is 0 Å². The fourth-order valence-electron chi connectivity index (χ4n) is 1.50. The van der Waals surface area contributed by atoms with E-state index in [4.69, 9.17) is 0 Å². The molecule has 0 aliphatic carbocycles. The number of anilines is 1. The van der Waals surface area contributed by atoms with Crippen LogP contribution in [0.5, 0.6) is 0 Å². The van der Waals surface area contributed by atoms with Gasteiger partial charge in [-0.3, -0.25) is 14.8 Å². The van der Waals surface area contributed by atoms with E-state index in [0.29, 0.717) is 6.07 Å². The summed E-state index contributed by atoms with van der Waals surface area (Å²) in [5, 5.41) is 9.86. The maximum absolute atomic E-state index is 13.4. The van der Waals surface area contributed by atoms with Crippen molar-refractivity contribution in [2.24, 2.45) is 0 Å². The van der Waals surface area contributed by atoms with Gasteiger partial charge in [0.1, 0.15) is 11.5 Å². The van der Waals surface area contributed by atoms with Gasteiger partial charge in [0.2, 0.25) is 5.03 Å². The minimum Gasteiger partial charge on any atom is -0.272 e. The maximum Gasteiger partial charge on any atom is 0.296 e. The quantitative estimate of drug-likeness (QED) is 0.687. The molecule has 0 unspecified atom stereocenters. The van der Waals surface area contributed by atoms with E-state index in [1.807, 2.05) is 4.72 Å². The molecule has 0 aliphatic rings. The van der Waals surface area contributed by atoms with Crippen molar-refractivity contribution < 1.29 is 22.1 Å². The molecule has 1 aromatic heterocycles. The Kier molecular flexibility index (Phi) is 3.80. The van der Waals surface area contributed by atoms with Crippen LogP contribution < -0.4 is 4.72 Å². The zero-order chi connectivity index (χ0) is 15.6. The van der Waals surface area contributed by atoms with Gasteiger partial charge in [0, 0.05) is 6.20 Å².